The smallest absolute Gasteiger partial charge is 0.232 e. The average Bonchev–Trinajstić information content (AvgIpc) is 3.10. The Morgan fingerprint density at radius 3 is 2.46 bits per heavy atom. The summed E-state index contributed by atoms with van der Waals surface area (Å²) in [5, 5.41) is 4.13. The Hall–Kier alpha value is -2.50. The lowest BCUT2D eigenvalue weighted by atomic mass is 9.98. The molecule has 0 bridgehead atoms. The number of hydrogen-bond donors (Lipinski definition) is 1. The third-order valence-electron chi connectivity index (χ3n) is 4.98. The van der Waals surface area contributed by atoms with Crippen molar-refractivity contribution in [3.63, 3.8) is 0 Å². The number of hydrogen-bond acceptors (Lipinski definition) is 5. The number of rotatable bonds is 7. The first kappa shape index (κ1) is 16.9. The Bertz CT molecular complexity index is 812. The molecule has 0 radical (unpaired) electrons. The van der Waals surface area contributed by atoms with Crippen LogP contribution in [0.1, 0.15) is 41.2 Å². The zero-order valence-electron chi connectivity index (χ0n) is 14.8. The summed E-state index contributed by atoms with van der Waals surface area (Å²) in [6.07, 6.45) is 1.67. The molecule has 134 valence electrons. The van der Waals surface area contributed by atoms with Gasteiger partial charge in [0.05, 0.1) is 5.92 Å². The van der Waals surface area contributed by atoms with Gasteiger partial charge in [-0.15, -0.1) is 0 Å². The van der Waals surface area contributed by atoms with E-state index in [0.717, 1.165) is 37.8 Å². The molecule has 26 heavy (non-hydrogen) atoms. The summed E-state index contributed by atoms with van der Waals surface area (Å²) >= 11 is 0. The fourth-order valence-corrected chi connectivity index (χ4v) is 3.38. The number of nitrogens with two attached hydrogens (primary N) is 1. The van der Waals surface area contributed by atoms with E-state index in [2.05, 4.69) is 39.3 Å². The summed E-state index contributed by atoms with van der Waals surface area (Å²) in [6.45, 7) is 2.93. The quantitative estimate of drug-likeness (QED) is 0.710. The Morgan fingerprint density at radius 1 is 1.04 bits per heavy atom. The molecule has 1 fully saturated rings. The minimum atomic E-state index is 0.0936. The molecule has 2 N–H and O–H groups in total. The maximum atomic E-state index is 6.28. The number of benzene rings is 2. The first-order valence-corrected chi connectivity index (χ1v) is 9.17. The van der Waals surface area contributed by atoms with E-state index in [0.29, 0.717) is 12.3 Å². The molecule has 0 amide bonds. The molecule has 1 saturated heterocycles. The van der Waals surface area contributed by atoms with E-state index in [-0.39, 0.29) is 6.04 Å². The monoisotopic (exact) mass is 348 g/mol. The topological polar surface area (TPSA) is 68.2 Å². The third-order valence-corrected chi connectivity index (χ3v) is 4.98. The van der Waals surface area contributed by atoms with E-state index in [9.17, 15) is 0 Å². The van der Waals surface area contributed by atoms with Gasteiger partial charge < -0.3 is 15.2 Å². The highest BCUT2D eigenvalue weighted by Gasteiger charge is 2.32. The van der Waals surface area contributed by atoms with Crippen LogP contribution in [-0.4, -0.2) is 34.7 Å². The van der Waals surface area contributed by atoms with Crippen LogP contribution in [0.25, 0.3) is 0 Å². The van der Waals surface area contributed by atoms with Crippen LogP contribution in [0.5, 0.6) is 0 Å². The van der Waals surface area contributed by atoms with E-state index in [1.807, 2.05) is 36.4 Å². The van der Waals surface area contributed by atoms with Gasteiger partial charge in [-0.2, -0.15) is 4.98 Å². The molecule has 1 aromatic heterocycles. The summed E-state index contributed by atoms with van der Waals surface area (Å²) in [7, 11) is 0. The third kappa shape index (κ3) is 4.00. The molecular weight excluding hydrogens is 324 g/mol. The summed E-state index contributed by atoms with van der Waals surface area (Å²) in [5.41, 5.74) is 8.68. The standard InChI is InChI=1S/C21H24N4O/c22-19(17-9-5-2-6-10-17)11-12-25-14-18(15-25)21-23-20(24-26-21)13-16-7-3-1-4-8-16/h1-10,18-19H,11-15,22H2. The molecule has 1 unspecified atom stereocenters. The number of aromatic nitrogens is 2. The van der Waals surface area contributed by atoms with Crippen molar-refractivity contribution in [1.82, 2.24) is 15.0 Å². The van der Waals surface area contributed by atoms with Crippen LogP contribution in [0, 0.1) is 0 Å². The molecule has 0 spiro atoms. The lowest BCUT2D eigenvalue weighted by Gasteiger charge is -2.37. The van der Waals surface area contributed by atoms with Gasteiger partial charge in [-0.25, -0.2) is 0 Å². The van der Waals surface area contributed by atoms with Crippen molar-refractivity contribution < 1.29 is 4.52 Å². The molecule has 3 aromatic rings. The molecule has 5 nitrogen and oxygen atoms in total. The molecule has 2 heterocycles. The molecule has 0 aliphatic carbocycles. The van der Waals surface area contributed by atoms with Crippen molar-refractivity contribution in [3.05, 3.63) is 83.5 Å². The summed E-state index contributed by atoms with van der Waals surface area (Å²) in [4.78, 5) is 6.97. The first-order chi connectivity index (χ1) is 12.8. The van der Waals surface area contributed by atoms with Gasteiger partial charge in [-0.05, 0) is 24.1 Å². The summed E-state index contributed by atoms with van der Waals surface area (Å²) in [6, 6.07) is 20.6. The largest absolute Gasteiger partial charge is 0.339 e. The molecule has 2 aromatic carbocycles. The first-order valence-electron chi connectivity index (χ1n) is 9.17. The lowest BCUT2D eigenvalue weighted by molar-refractivity contribution is 0.121. The molecule has 1 aliphatic rings. The molecule has 1 atom stereocenters. The molecule has 5 heteroatoms. The Labute approximate surface area is 153 Å². The SMILES string of the molecule is NC(CCN1CC(c2nc(Cc3ccccc3)no2)C1)c1ccccc1. The van der Waals surface area contributed by atoms with E-state index in [1.54, 1.807) is 0 Å². The highest BCUT2D eigenvalue weighted by molar-refractivity contribution is 5.19. The Morgan fingerprint density at radius 2 is 1.73 bits per heavy atom. The fraction of sp³-hybridized carbons (Fsp3) is 0.333. The van der Waals surface area contributed by atoms with Gasteiger partial charge in [0.15, 0.2) is 5.82 Å². The van der Waals surface area contributed by atoms with E-state index in [4.69, 9.17) is 10.3 Å². The van der Waals surface area contributed by atoms with Crippen LogP contribution in [0.4, 0.5) is 0 Å². The van der Waals surface area contributed by atoms with Gasteiger partial charge in [-0.1, -0.05) is 65.8 Å². The highest BCUT2D eigenvalue weighted by Crippen LogP contribution is 2.27. The summed E-state index contributed by atoms with van der Waals surface area (Å²) in [5.74, 6) is 1.87. The molecule has 1 aliphatic heterocycles. The maximum absolute atomic E-state index is 6.28. The normalized spacial score (nSPS) is 16.3. The lowest BCUT2D eigenvalue weighted by Crippen LogP contribution is -2.46. The van der Waals surface area contributed by atoms with E-state index in [1.165, 1.54) is 11.1 Å². The van der Waals surface area contributed by atoms with Crippen LogP contribution in [0.2, 0.25) is 0 Å². The second-order valence-electron chi connectivity index (χ2n) is 6.97. The minimum absolute atomic E-state index is 0.0936. The second kappa shape index (κ2) is 7.81. The van der Waals surface area contributed by atoms with Gasteiger partial charge >= 0.3 is 0 Å². The summed E-state index contributed by atoms with van der Waals surface area (Å²) < 4.78 is 5.47. The van der Waals surface area contributed by atoms with Crippen LogP contribution >= 0.6 is 0 Å². The van der Waals surface area contributed by atoms with Gasteiger partial charge in [-0.3, -0.25) is 0 Å². The minimum Gasteiger partial charge on any atom is -0.339 e. The fourth-order valence-electron chi connectivity index (χ4n) is 3.38. The van der Waals surface area contributed by atoms with Crippen molar-refractivity contribution in [1.29, 1.82) is 0 Å². The average molecular weight is 348 g/mol. The zero-order chi connectivity index (χ0) is 17.8. The zero-order valence-corrected chi connectivity index (χ0v) is 14.8. The van der Waals surface area contributed by atoms with E-state index >= 15 is 0 Å². The van der Waals surface area contributed by atoms with Crippen molar-refractivity contribution in [2.75, 3.05) is 19.6 Å². The Kier molecular flexibility index (Phi) is 5.09. The van der Waals surface area contributed by atoms with Crippen LogP contribution in [0.15, 0.2) is 65.2 Å². The van der Waals surface area contributed by atoms with Gasteiger partial charge in [0, 0.05) is 25.6 Å². The van der Waals surface area contributed by atoms with Crippen LogP contribution in [0.3, 0.4) is 0 Å². The van der Waals surface area contributed by atoms with Gasteiger partial charge in [0.2, 0.25) is 5.89 Å². The second-order valence-corrected chi connectivity index (χ2v) is 6.97. The van der Waals surface area contributed by atoms with Crippen molar-refractivity contribution in [3.8, 4) is 0 Å². The van der Waals surface area contributed by atoms with Gasteiger partial charge in [0.1, 0.15) is 0 Å². The Balaban J connectivity index is 1.24. The maximum Gasteiger partial charge on any atom is 0.232 e. The van der Waals surface area contributed by atoms with Crippen molar-refractivity contribution >= 4 is 0 Å². The van der Waals surface area contributed by atoms with E-state index < -0.39 is 0 Å². The van der Waals surface area contributed by atoms with Crippen molar-refractivity contribution in [2.24, 2.45) is 5.73 Å². The molecular formula is C21H24N4O. The predicted molar refractivity (Wildman–Crippen MR) is 101 cm³/mol. The number of nitrogens with zero attached hydrogens (tertiary/aromatic N) is 3. The molecule has 4 rings (SSSR count). The van der Waals surface area contributed by atoms with Crippen molar-refractivity contribution in [2.45, 2.75) is 24.8 Å². The van der Waals surface area contributed by atoms with Crippen LogP contribution < -0.4 is 5.73 Å². The number of likely N-dealkylation sites (tertiary alicyclic amines) is 1. The molecule has 0 saturated carbocycles. The predicted octanol–water partition coefficient (Wildman–Crippen LogP) is 3.15. The highest BCUT2D eigenvalue weighted by atomic mass is 16.5. The van der Waals surface area contributed by atoms with Crippen LogP contribution in [-0.2, 0) is 6.42 Å². The van der Waals surface area contributed by atoms with Gasteiger partial charge in [0.25, 0.3) is 0 Å².